The molecule has 2 saturated heterocycles. The van der Waals surface area contributed by atoms with Gasteiger partial charge in [0.15, 0.2) is 0 Å². The first-order valence-electron chi connectivity index (χ1n) is 9.38. The number of benzene rings is 1. The predicted octanol–water partition coefficient (Wildman–Crippen LogP) is 2.47. The van der Waals surface area contributed by atoms with Crippen molar-refractivity contribution in [1.29, 1.82) is 0 Å². The summed E-state index contributed by atoms with van der Waals surface area (Å²) in [4.78, 5) is 18.5. The molecule has 2 fully saturated rings. The van der Waals surface area contributed by atoms with Gasteiger partial charge in [0.2, 0.25) is 0 Å². The highest BCUT2D eigenvalue weighted by Gasteiger charge is 2.43. The molecule has 1 aromatic carbocycles. The second-order valence-corrected chi connectivity index (χ2v) is 7.75. The number of carbonyl (C=O) groups excluding carboxylic acids is 1. The van der Waals surface area contributed by atoms with E-state index in [1.165, 1.54) is 5.56 Å². The maximum atomic E-state index is 12.4. The molecular formula is C20H31N3O2. The van der Waals surface area contributed by atoms with Gasteiger partial charge in [0.25, 0.3) is 0 Å². The van der Waals surface area contributed by atoms with Crippen LogP contribution < -0.4 is 0 Å². The van der Waals surface area contributed by atoms with E-state index < -0.39 is 0 Å². The molecule has 1 atom stereocenters. The van der Waals surface area contributed by atoms with Crippen molar-refractivity contribution in [2.75, 3.05) is 46.8 Å². The zero-order valence-electron chi connectivity index (χ0n) is 15.8. The van der Waals surface area contributed by atoms with Gasteiger partial charge in [0.05, 0.1) is 18.2 Å². The number of hydrogen-bond acceptors (Lipinski definition) is 3. The Bertz CT molecular complexity index is 568. The number of urea groups is 1. The minimum atomic E-state index is -0.160. The zero-order chi connectivity index (χ0) is 17.9. The summed E-state index contributed by atoms with van der Waals surface area (Å²) in [5, 5.41) is 0. The summed E-state index contributed by atoms with van der Waals surface area (Å²) in [6.07, 6.45) is 3.21. The summed E-state index contributed by atoms with van der Waals surface area (Å²) in [5.41, 5.74) is 1.24. The van der Waals surface area contributed by atoms with E-state index in [9.17, 15) is 4.79 Å². The molecule has 3 rings (SSSR count). The first-order chi connectivity index (χ1) is 12.0. The van der Waals surface area contributed by atoms with E-state index in [0.717, 1.165) is 45.4 Å². The van der Waals surface area contributed by atoms with Gasteiger partial charge in [-0.1, -0.05) is 30.3 Å². The van der Waals surface area contributed by atoms with Crippen molar-refractivity contribution in [3.8, 4) is 0 Å². The summed E-state index contributed by atoms with van der Waals surface area (Å²) >= 11 is 0. The van der Waals surface area contributed by atoms with Crippen LogP contribution in [-0.4, -0.2) is 79.3 Å². The number of piperidine rings is 1. The van der Waals surface area contributed by atoms with Crippen molar-refractivity contribution in [3.63, 3.8) is 0 Å². The normalized spacial score (nSPS) is 23.6. The molecule has 1 unspecified atom stereocenters. The number of hydrogen-bond donors (Lipinski definition) is 0. The molecular weight excluding hydrogens is 314 g/mol. The molecule has 0 aliphatic carbocycles. The molecule has 1 aromatic rings. The van der Waals surface area contributed by atoms with Crippen molar-refractivity contribution >= 4 is 6.03 Å². The van der Waals surface area contributed by atoms with E-state index >= 15 is 0 Å². The standard InChI is InChI=1S/C20H31N3O2/c1-17-15-23(19(24)21(2)3)16-20(25-17)10-13-22(14-11-20)12-9-18-7-5-4-6-8-18/h4-8,17H,9-16H2,1-3H3. The summed E-state index contributed by atoms with van der Waals surface area (Å²) in [6.45, 7) is 6.68. The van der Waals surface area contributed by atoms with Gasteiger partial charge in [-0.2, -0.15) is 0 Å². The highest BCUT2D eigenvalue weighted by molar-refractivity contribution is 5.74. The quantitative estimate of drug-likeness (QED) is 0.844. The van der Waals surface area contributed by atoms with Crippen LogP contribution in [0, 0.1) is 0 Å². The fourth-order valence-corrected chi connectivity index (χ4v) is 4.04. The number of carbonyl (C=O) groups is 1. The third-order valence-electron chi connectivity index (χ3n) is 5.39. The highest BCUT2D eigenvalue weighted by Crippen LogP contribution is 2.32. The molecule has 5 heteroatoms. The number of ether oxygens (including phenoxy) is 1. The third-order valence-corrected chi connectivity index (χ3v) is 5.39. The second kappa shape index (κ2) is 7.75. The fraction of sp³-hybridized carbons (Fsp3) is 0.650. The van der Waals surface area contributed by atoms with Crippen LogP contribution in [0.15, 0.2) is 30.3 Å². The van der Waals surface area contributed by atoms with Crippen LogP contribution in [0.4, 0.5) is 4.79 Å². The van der Waals surface area contributed by atoms with E-state index in [2.05, 4.69) is 42.2 Å². The third kappa shape index (κ3) is 4.53. The molecule has 2 aliphatic heterocycles. The zero-order valence-corrected chi connectivity index (χ0v) is 15.8. The summed E-state index contributed by atoms with van der Waals surface area (Å²) in [5.74, 6) is 0. The van der Waals surface area contributed by atoms with Crippen molar-refractivity contribution in [3.05, 3.63) is 35.9 Å². The molecule has 0 radical (unpaired) electrons. The van der Waals surface area contributed by atoms with Crippen LogP contribution in [0.25, 0.3) is 0 Å². The first-order valence-corrected chi connectivity index (χ1v) is 9.38. The van der Waals surface area contributed by atoms with Crippen molar-refractivity contribution in [2.24, 2.45) is 0 Å². The summed E-state index contributed by atoms with van der Waals surface area (Å²) in [6, 6.07) is 10.8. The van der Waals surface area contributed by atoms with Crippen molar-refractivity contribution in [2.45, 2.75) is 37.9 Å². The van der Waals surface area contributed by atoms with Gasteiger partial charge in [-0.05, 0) is 31.7 Å². The lowest BCUT2D eigenvalue weighted by molar-refractivity contribution is -0.161. The van der Waals surface area contributed by atoms with Crippen LogP contribution in [0.3, 0.4) is 0 Å². The monoisotopic (exact) mass is 345 g/mol. The van der Waals surface area contributed by atoms with E-state index in [1.54, 1.807) is 4.90 Å². The van der Waals surface area contributed by atoms with Crippen molar-refractivity contribution < 1.29 is 9.53 Å². The Kier molecular flexibility index (Phi) is 5.64. The molecule has 2 amide bonds. The van der Waals surface area contributed by atoms with Crippen LogP contribution in [0.2, 0.25) is 0 Å². The van der Waals surface area contributed by atoms with Gasteiger partial charge in [0.1, 0.15) is 0 Å². The lowest BCUT2D eigenvalue weighted by atomic mass is 9.88. The summed E-state index contributed by atoms with van der Waals surface area (Å²) in [7, 11) is 3.64. The molecule has 2 heterocycles. The van der Waals surface area contributed by atoms with E-state index in [4.69, 9.17) is 4.74 Å². The number of morpholine rings is 1. The Labute approximate surface area is 151 Å². The largest absolute Gasteiger partial charge is 0.368 e. The Morgan fingerprint density at radius 3 is 2.56 bits per heavy atom. The van der Waals surface area contributed by atoms with Gasteiger partial charge in [-0.25, -0.2) is 4.79 Å². The SMILES string of the molecule is CC1CN(C(=O)N(C)C)CC2(CCN(CCc3ccccc3)CC2)O1. The average molecular weight is 345 g/mol. The summed E-state index contributed by atoms with van der Waals surface area (Å²) < 4.78 is 6.35. The minimum absolute atomic E-state index is 0.0982. The average Bonchev–Trinajstić information content (AvgIpc) is 2.61. The van der Waals surface area contributed by atoms with Crippen molar-refractivity contribution in [1.82, 2.24) is 14.7 Å². The molecule has 5 nitrogen and oxygen atoms in total. The van der Waals surface area contributed by atoms with Gasteiger partial charge >= 0.3 is 6.03 Å². The van der Waals surface area contributed by atoms with Crippen LogP contribution in [0.1, 0.15) is 25.3 Å². The highest BCUT2D eigenvalue weighted by atomic mass is 16.5. The number of nitrogens with zero attached hydrogens (tertiary/aromatic N) is 3. The number of amides is 2. The molecule has 0 N–H and O–H groups in total. The molecule has 0 aromatic heterocycles. The van der Waals surface area contributed by atoms with Crippen LogP contribution in [-0.2, 0) is 11.2 Å². The number of likely N-dealkylation sites (tertiary alicyclic amines) is 1. The van der Waals surface area contributed by atoms with Gasteiger partial charge < -0.3 is 19.4 Å². The van der Waals surface area contributed by atoms with Gasteiger partial charge in [-0.3, -0.25) is 0 Å². The topological polar surface area (TPSA) is 36.0 Å². The minimum Gasteiger partial charge on any atom is -0.368 e. The molecule has 1 spiro atoms. The second-order valence-electron chi connectivity index (χ2n) is 7.75. The fourth-order valence-electron chi connectivity index (χ4n) is 4.04. The smallest absolute Gasteiger partial charge is 0.319 e. The maximum Gasteiger partial charge on any atom is 0.319 e. The maximum absolute atomic E-state index is 12.4. The molecule has 0 saturated carbocycles. The predicted molar refractivity (Wildman–Crippen MR) is 99.8 cm³/mol. The Hall–Kier alpha value is -1.59. The van der Waals surface area contributed by atoms with Crippen LogP contribution >= 0.6 is 0 Å². The van der Waals surface area contributed by atoms with Gasteiger partial charge in [-0.15, -0.1) is 0 Å². The van der Waals surface area contributed by atoms with Gasteiger partial charge in [0, 0.05) is 40.3 Å². The first kappa shape index (κ1) is 18.2. The Balaban J connectivity index is 1.53. The molecule has 138 valence electrons. The van der Waals surface area contributed by atoms with E-state index in [1.807, 2.05) is 19.0 Å². The molecule has 2 aliphatic rings. The lowest BCUT2D eigenvalue weighted by Gasteiger charge is -2.49. The lowest BCUT2D eigenvalue weighted by Crippen LogP contribution is -2.61. The Morgan fingerprint density at radius 1 is 1.24 bits per heavy atom. The molecule has 25 heavy (non-hydrogen) atoms. The van der Waals surface area contributed by atoms with E-state index in [-0.39, 0.29) is 17.7 Å². The number of rotatable bonds is 3. The van der Waals surface area contributed by atoms with Crippen LogP contribution in [0.5, 0.6) is 0 Å². The molecule has 0 bridgehead atoms. The Morgan fingerprint density at radius 2 is 1.92 bits per heavy atom. The van der Waals surface area contributed by atoms with E-state index in [0.29, 0.717) is 6.54 Å².